The number of rotatable bonds is 2. The molecule has 0 fully saturated rings. The summed E-state index contributed by atoms with van der Waals surface area (Å²) in [6.45, 7) is 3.40. The monoisotopic (exact) mass is 305 g/mol. The summed E-state index contributed by atoms with van der Waals surface area (Å²) in [4.78, 5) is 4.57. The van der Waals surface area contributed by atoms with Crippen LogP contribution in [-0.4, -0.2) is 10.1 Å². The third-order valence-corrected chi connectivity index (χ3v) is 3.92. The summed E-state index contributed by atoms with van der Waals surface area (Å²) in [7, 11) is 0. The Morgan fingerprint density at radius 2 is 1.90 bits per heavy atom. The van der Waals surface area contributed by atoms with Gasteiger partial charge in [-0.15, -0.1) is 11.3 Å². The van der Waals surface area contributed by atoms with Gasteiger partial charge < -0.3 is 5.11 Å². The zero-order valence-corrected chi connectivity index (χ0v) is 11.4. The van der Waals surface area contributed by atoms with E-state index in [0.29, 0.717) is 27.7 Å². The molecule has 7 heteroatoms. The molecule has 20 heavy (non-hydrogen) atoms. The van der Waals surface area contributed by atoms with E-state index >= 15 is 0 Å². The molecule has 1 heterocycles. The van der Waals surface area contributed by atoms with E-state index in [1.54, 1.807) is 13.8 Å². The van der Waals surface area contributed by atoms with Gasteiger partial charge in [0.25, 0.3) is 0 Å². The summed E-state index contributed by atoms with van der Waals surface area (Å²) >= 11 is 1.20. The lowest BCUT2D eigenvalue weighted by atomic mass is 10.0. The van der Waals surface area contributed by atoms with Gasteiger partial charge in [-0.2, -0.15) is 13.2 Å². The van der Waals surface area contributed by atoms with Crippen molar-refractivity contribution in [3.05, 3.63) is 50.7 Å². The molecule has 0 amide bonds. The van der Waals surface area contributed by atoms with Crippen LogP contribution in [0.15, 0.2) is 18.2 Å². The molecule has 2 aromatic rings. The van der Waals surface area contributed by atoms with E-state index < -0.39 is 23.7 Å². The van der Waals surface area contributed by atoms with Crippen molar-refractivity contribution in [1.29, 1.82) is 0 Å². The molecular formula is C13H11F4NOS. The summed E-state index contributed by atoms with van der Waals surface area (Å²) in [5.41, 5.74) is -0.837. The van der Waals surface area contributed by atoms with Gasteiger partial charge in [0.1, 0.15) is 11.9 Å². The maximum atomic E-state index is 13.2. The molecule has 108 valence electrons. The number of benzene rings is 1. The molecule has 1 aromatic heterocycles. The Morgan fingerprint density at radius 3 is 2.40 bits per heavy atom. The van der Waals surface area contributed by atoms with Gasteiger partial charge in [0.15, 0.2) is 0 Å². The fourth-order valence-electron chi connectivity index (χ4n) is 1.88. The molecule has 0 aliphatic heterocycles. The average molecular weight is 305 g/mol. The van der Waals surface area contributed by atoms with E-state index in [2.05, 4.69) is 4.98 Å². The van der Waals surface area contributed by atoms with Crippen LogP contribution in [0.5, 0.6) is 0 Å². The lowest BCUT2D eigenvalue weighted by molar-refractivity contribution is -0.140. The van der Waals surface area contributed by atoms with Crippen molar-refractivity contribution in [1.82, 2.24) is 4.98 Å². The van der Waals surface area contributed by atoms with E-state index in [1.807, 2.05) is 0 Å². The van der Waals surface area contributed by atoms with Crippen molar-refractivity contribution >= 4 is 11.3 Å². The second-order valence-electron chi connectivity index (χ2n) is 4.32. The van der Waals surface area contributed by atoms with Crippen molar-refractivity contribution in [2.24, 2.45) is 0 Å². The van der Waals surface area contributed by atoms with E-state index in [9.17, 15) is 22.7 Å². The van der Waals surface area contributed by atoms with E-state index in [-0.39, 0.29) is 5.56 Å². The fraction of sp³-hybridized carbons (Fsp3) is 0.308. The van der Waals surface area contributed by atoms with Crippen molar-refractivity contribution in [3.63, 3.8) is 0 Å². The molecule has 1 N–H and O–H groups in total. The van der Waals surface area contributed by atoms with Gasteiger partial charge in [-0.3, -0.25) is 0 Å². The average Bonchev–Trinajstić information content (AvgIpc) is 2.66. The Bertz CT molecular complexity index is 636. The van der Waals surface area contributed by atoms with Crippen molar-refractivity contribution in [2.45, 2.75) is 26.1 Å². The van der Waals surface area contributed by atoms with Crippen LogP contribution >= 0.6 is 11.3 Å². The summed E-state index contributed by atoms with van der Waals surface area (Å²) in [5.74, 6) is -1.36. The molecule has 2 nitrogen and oxygen atoms in total. The summed E-state index contributed by atoms with van der Waals surface area (Å²) < 4.78 is 51.1. The second-order valence-corrected chi connectivity index (χ2v) is 5.56. The number of aryl methyl sites for hydroxylation is 2. The van der Waals surface area contributed by atoms with Crippen LogP contribution in [0.4, 0.5) is 17.6 Å². The maximum Gasteiger partial charge on any atom is 0.419 e. The molecule has 0 aliphatic rings. The number of thiazole rings is 1. The van der Waals surface area contributed by atoms with E-state index in [0.717, 1.165) is 6.07 Å². The predicted octanol–water partition coefficient (Wildman–Crippen LogP) is 4.00. The van der Waals surface area contributed by atoms with Crippen molar-refractivity contribution in [3.8, 4) is 0 Å². The molecule has 0 bridgehead atoms. The first kappa shape index (κ1) is 14.9. The fourth-order valence-corrected chi connectivity index (χ4v) is 2.82. The van der Waals surface area contributed by atoms with Crippen LogP contribution < -0.4 is 0 Å². The van der Waals surface area contributed by atoms with Gasteiger partial charge in [0.05, 0.1) is 21.1 Å². The van der Waals surface area contributed by atoms with Gasteiger partial charge in [-0.05, 0) is 31.5 Å². The molecular weight excluding hydrogens is 294 g/mol. The van der Waals surface area contributed by atoms with Crippen LogP contribution in [0.2, 0.25) is 0 Å². The topological polar surface area (TPSA) is 33.1 Å². The van der Waals surface area contributed by atoms with Crippen molar-refractivity contribution in [2.75, 3.05) is 0 Å². The third-order valence-electron chi connectivity index (χ3n) is 2.80. The number of aliphatic hydroxyl groups is 1. The summed E-state index contributed by atoms with van der Waals surface area (Å²) in [5, 5.41) is 10.9. The SMILES string of the molecule is Cc1nc(C)c(C(O)c2ccc(F)c(C(F)(F)F)c2)s1. The highest BCUT2D eigenvalue weighted by Crippen LogP contribution is 2.35. The predicted molar refractivity (Wildman–Crippen MR) is 67.1 cm³/mol. The Labute approximate surface area is 116 Å². The van der Waals surface area contributed by atoms with Crippen LogP contribution in [0.1, 0.15) is 32.8 Å². The smallest absolute Gasteiger partial charge is 0.383 e. The molecule has 0 spiro atoms. The van der Waals surface area contributed by atoms with Gasteiger partial charge in [0.2, 0.25) is 0 Å². The highest BCUT2D eigenvalue weighted by atomic mass is 32.1. The van der Waals surface area contributed by atoms with Gasteiger partial charge in [0, 0.05) is 0 Å². The molecule has 1 atom stereocenters. The van der Waals surface area contributed by atoms with Crippen molar-refractivity contribution < 1.29 is 22.7 Å². The van der Waals surface area contributed by atoms with Crippen LogP contribution in [0.3, 0.4) is 0 Å². The molecule has 1 unspecified atom stereocenters. The number of nitrogens with zero attached hydrogens (tertiary/aromatic N) is 1. The van der Waals surface area contributed by atoms with Gasteiger partial charge in [-0.1, -0.05) is 6.07 Å². The molecule has 0 saturated heterocycles. The Hall–Kier alpha value is -1.47. The standard InChI is InChI=1S/C13H11F4NOS/c1-6-12(20-7(2)18-6)11(19)8-3-4-10(14)9(5-8)13(15,16)17/h3-5,11,19H,1-2H3. The first-order chi connectivity index (χ1) is 9.20. The number of aliphatic hydroxyl groups excluding tert-OH is 1. The molecule has 0 saturated carbocycles. The highest BCUT2D eigenvalue weighted by Gasteiger charge is 2.35. The van der Waals surface area contributed by atoms with Gasteiger partial charge in [-0.25, -0.2) is 9.37 Å². The number of halogens is 4. The first-order valence-electron chi connectivity index (χ1n) is 5.68. The molecule has 0 radical (unpaired) electrons. The minimum atomic E-state index is -4.79. The van der Waals surface area contributed by atoms with E-state index in [4.69, 9.17) is 0 Å². The Morgan fingerprint density at radius 1 is 1.25 bits per heavy atom. The largest absolute Gasteiger partial charge is 0.419 e. The number of alkyl halides is 3. The lowest BCUT2D eigenvalue weighted by Crippen LogP contribution is -2.10. The Kier molecular flexibility index (Phi) is 3.84. The minimum Gasteiger partial charge on any atom is -0.383 e. The zero-order chi connectivity index (χ0) is 15.1. The number of hydrogen-bond acceptors (Lipinski definition) is 3. The number of hydrogen-bond donors (Lipinski definition) is 1. The molecule has 1 aromatic carbocycles. The van der Waals surface area contributed by atoms with Crippen LogP contribution in [0, 0.1) is 19.7 Å². The number of aromatic nitrogens is 1. The first-order valence-corrected chi connectivity index (χ1v) is 6.50. The molecule has 2 rings (SSSR count). The second kappa shape index (κ2) is 5.14. The van der Waals surface area contributed by atoms with Gasteiger partial charge >= 0.3 is 6.18 Å². The van der Waals surface area contributed by atoms with E-state index in [1.165, 1.54) is 11.3 Å². The Balaban J connectivity index is 2.46. The highest BCUT2D eigenvalue weighted by molar-refractivity contribution is 7.11. The quantitative estimate of drug-likeness (QED) is 0.851. The zero-order valence-electron chi connectivity index (χ0n) is 10.6. The molecule has 0 aliphatic carbocycles. The minimum absolute atomic E-state index is 0.00882. The third kappa shape index (κ3) is 2.83. The van der Waals surface area contributed by atoms with Crippen LogP contribution in [-0.2, 0) is 6.18 Å². The maximum absolute atomic E-state index is 13.2. The summed E-state index contributed by atoms with van der Waals surface area (Å²) in [6, 6.07) is 2.49. The van der Waals surface area contributed by atoms with Crippen LogP contribution in [0.25, 0.3) is 0 Å². The normalized spacial score (nSPS) is 13.6. The lowest BCUT2D eigenvalue weighted by Gasteiger charge is -2.13. The summed E-state index contributed by atoms with van der Waals surface area (Å²) in [6.07, 6.45) is -6.04.